The van der Waals surface area contributed by atoms with Crippen molar-refractivity contribution in [2.24, 2.45) is 35.5 Å². The van der Waals surface area contributed by atoms with Crippen molar-refractivity contribution in [1.82, 2.24) is 24.9 Å². The lowest BCUT2D eigenvalue weighted by molar-refractivity contribution is -0.606. The van der Waals surface area contributed by atoms with Gasteiger partial charge in [-0.3, -0.25) is 0 Å². The van der Waals surface area contributed by atoms with Gasteiger partial charge >= 0.3 is 18.2 Å². The zero-order valence-electron chi connectivity index (χ0n) is 29.5. The molecule has 0 radical (unpaired) electrons. The summed E-state index contributed by atoms with van der Waals surface area (Å²) in [5.41, 5.74) is 1.05. The van der Waals surface area contributed by atoms with Gasteiger partial charge in [-0.15, -0.1) is 0 Å². The number of aliphatic hydroxyl groups is 1. The SMILES string of the molecule is Cc1cc(-n2nc3c(c2N2C(=O)N(C45C6C7C4C4C5C6C74NC(=O)OC(C)(C)C)CC2O)[C@H](C)N(C(=O)OC(C)(C)C)CC3)cc(C)c1F. The lowest BCUT2D eigenvalue weighted by atomic mass is 8.96. The predicted molar refractivity (Wildman–Crippen MR) is 174 cm³/mol. The summed E-state index contributed by atoms with van der Waals surface area (Å²) in [5.74, 6) is 1.93. The molecule has 2 aliphatic heterocycles. The van der Waals surface area contributed by atoms with E-state index >= 15 is 0 Å². The Bertz CT molecular complexity index is 1800. The van der Waals surface area contributed by atoms with E-state index < -0.39 is 29.6 Å². The van der Waals surface area contributed by atoms with Crippen molar-refractivity contribution in [2.45, 2.75) is 103 Å². The number of fused-ring (bicyclic) bond motifs is 1. The van der Waals surface area contributed by atoms with Gasteiger partial charge in [0.25, 0.3) is 0 Å². The number of carbonyl (C=O) groups excluding carboxylic acids is 3. The van der Waals surface area contributed by atoms with Gasteiger partial charge < -0.3 is 29.7 Å². The zero-order valence-corrected chi connectivity index (χ0v) is 29.5. The minimum Gasteiger partial charge on any atom is -0.444 e. The van der Waals surface area contributed by atoms with Gasteiger partial charge in [-0.1, -0.05) is 0 Å². The minimum atomic E-state index is -1.16. The third kappa shape index (κ3) is 3.48. The first-order chi connectivity index (χ1) is 22.8. The number of halogens is 1. The molecule has 1 aromatic heterocycles. The van der Waals surface area contributed by atoms with Crippen molar-refractivity contribution in [3.05, 3.63) is 40.3 Å². The second kappa shape index (κ2) is 9.07. The van der Waals surface area contributed by atoms with Gasteiger partial charge in [0.1, 0.15) is 22.8 Å². The van der Waals surface area contributed by atoms with Crippen LogP contribution in [0.15, 0.2) is 12.1 Å². The number of urea groups is 1. The highest BCUT2D eigenvalue weighted by Crippen LogP contribution is 3.04. The van der Waals surface area contributed by atoms with Crippen molar-refractivity contribution >= 4 is 24.0 Å². The van der Waals surface area contributed by atoms with Crippen molar-refractivity contribution < 1.29 is 33.4 Å². The molecule has 49 heavy (non-hydrogen) atoms. The minimum absolute atomic E-state index is 0.145. The number of carbonyl (C=O) groups is 3. The number of aryl methyl sites for hydroxylation is 2. The number of hydrogen-bond donors (Lipinski definition) is 2. The molecule has 1 unspecified atom stereocenters. The molecule has 4 amide bonds. The van der Waals surface area contributed by atoms with Gasteiger partial charge in [0.15, 0.2) is 6.23 Å². The first-order valence-corrected chi connectivity index (χ1v) is 17.5. The van der Waals surface area contributed by atoms with Crippen molar-refractivity contribution in [3.63, 3.8) is 0 Å². The Kier molecular flexibility index (Phi) is 5.76. The maximum Gasteiger partial charge on any atom is 0.410 e. The molecule has 13 heteroatoms. The van der Waals surface area contributed by atoms with E-state index in [9.17, 15) is 23.9 Å². The van der Waals surface area contributed by atoms with Crippen LogP contribution < -0.4 is 10.2 Å². The largest absolute Gasteiger partial charge is 0.444 e. The zero-order chi connectivity index (χ0) is 35.1. The summed E-state index contributed by atoms with van der Waals surface area (Å²) >= 11 is 0. The van der Waals surface area contributed by atoms with E-state index in [2.05, 4.69) is 5.32 Å². The lowest BCUT2D eigenvalue weighted by Crippen LogP contribution is -3.19. The number of ether oxygens (including phenoxy) is 2. The van der Waals surface area contributed by atoms with Crippen LogP contribution in [0.2, 0.25) is 0 Å². The molecular weight excluding hydrogens is 631 g/mol. The number of benzene rings is 1. The number of aromatic nitrogens is 2. The highest BCUT2D eigenvalue weighted by molar-refractivity contribution is 5.97. The Morgan fingerprint density at radius 1 is 0.980 bits per heavy atom. The van der Waals surface area contributed by atoms with Gasteiger partial charge in [0.05, 0.1) is 35.0 Å². The van der Waals surface area contributed by atoms with Crippen LogP contribution in [0, 0.1) is 55.2 Å². The van der Waals surface area contributed by atoms with Crippen LogP contribution in [0.25, 0.3) is 5.69 Å². The number of alkyl carbamates (subject to hydrolysis) is 1. The smallest absolute Gasteiger partial charge is 0.410 e. The Morgan fingerprint density at radius 3 is 2.10 bits per heavy atom. The van der Waals surface area contributed by atoms with E-state index in [0.717, 1.165) is 0 Å². The molecule has 12 nitrogen and oxygen atoms in total. The van der Waals surface area contributed by atoms with Crippen LogP contribution in [-0.2, 0) is 15.9 Å². The summed E-state index contributed by atoms with van der Waals surface area (Å²) in [6, 6.07) is 2.58. The number of rotatable bonds is 4. The molecule has 2 aromatic rings. The molecule has 7 fully saturated rings. The van der Waals surface area contributed by atoms with Crippen LogP contribution in [0.1, 0.15) is 76.9 Å². The maximum atomic E-state index is 14.8. The number of nitrogens with one attached hydrogen (secondary N) is 1. The second-order valence-corrected chi connectivity index (χ2v) is 17.4. The van der Waals surface area contributed by atoms with Crippen LogP contribution in [0.5, 0.6) is 0 Å². The molecule has 2 atom stereocenters. The first kappa shape index (κ1) is 31.1. The average molecular weight is 677 g/mol. The summed E-state index contributed by atoms with van der Waals surface area (Å²) in [6.07, 6.45) is -1.58. The number of hydrogen-bond acceptors (Lipinski definition) is 7. The first-order valence-electron chi connectivity index (χ1n) is 17.5. The molecule has 1 aromatic carbocycles. The highest BCUT2D eigenvalue weighted by Gasteiger charge is 3.12. The monoisotopic (exact) mass is 676 g/mol. The van der Waals surface area contributed by atoms with E-state index in [-0.39, 0.29) is 35.6 Å². The second-order valence-electron chi connectivity index (χ2n) is 17.4. The van der Waals surface area contributed by atoms with Gasteiger partial charge in [0.2, 0.25) is 0 Å². The summed E-state index contributed by atoms with van der Waals surface area (Å²) in [4.78, 5) is 45.8. The third-order valence-corrected chi connectivity index (χ3v) is 12.8. The molecule has 0 bridgehead atoms. The van der Waals surface area contributed by atoms with E-state index in [0.29, 0.717) is 82.4 Å². The lowest BCUT2D eigenvalue weighted by Gasteiger charge is -3.11. The fraction of sp³-hybridized carbons (Fsp3) is 0.667. The highest BCUT2D eigenvalue weighted by atomic mass is 19.1. The van der Waals surface area contributed by atoms with Gasteiger partial charge in [-0.2, -0.15) is 5.10 Å². The molecule has 6 saturated carbocycles. The number of aliphatic hydroxyl groups excluding tert-OH is 1. The van der Waals surface area contributed by atoms with Crippen LogP contribution in [0.3, 0.4) is 0 Å². The number of β-amino-alcohol motifs (C(OH)–C–C–N with tert-alkyl or cyclic N) is 1. The molecule has 10 rings (SSSR count). The molecule has 8 aliphatic rings. The molecule has 6 aliphatic carbocycles. The van der Waals surface area contributed by atoms with Crippen molar-refractivity contribution in [1.29, 1.82) is 0 Å². The fourth-order valence-electron chi connectivity index (χ4n) is 11.6. The van der Waals surface area contributed by atoms with Gasteiger partial charge in [-0.25, -0.2) is 28.4 Å². The Labute approximate surface area is 284 Å². The third-order valence-electron chi connectivity index (χ3n) is 12.8. The molecular formula is C36H45FN6O6. The van der Waals surface area contributed by atoms with Crippen molar-refractivity contribution in [3.8, 4) is 5.69 Å². The summed E-state index contributed by atoms with van der Waals surface area (Å²) in [7, 11) is 0. The Hall–Kier alpha value is -3.87. The predicted octanol–water partition coefficient (Wildman–Crippen LogP) is 4.81. The normalized spacial score (nSPS) is 37.3. The topological polar surface area (TPSA) is 129 Å². The fourth-order valence-corrected chi connectivity index (χ4v) is 11.6. The number of anilines is 1. The van der Waals surface area contributed by atoms with E-state index in [1.165, 1.54) is 4.90 Å². The molecule has 3 heterocycles. The van der Waals surface area contributed by atoms with E-state index in [4.69, 9.17) is 14.6 Å². The quantitative estimate of drug-likeness (QED) is 0.476. The van der Waals surface area contributed by atoms with Gasteiger partial charge in [-0.05, 0) is 121 Å². The van der Waals surface area contributed by atoms with E-state index in [1.54, 1.807) is 35.6 Å². The molecule has 1 saturated heterocycles. The molecule has 262 valence electrons. The van der Waals surface area contributed by atoms with Gasteiger partial charge in [0, 0.05) is 18.5 Å². The standard InChI is InChI=1S/C36H45FN6O6/c1-15-12-18(13-16(2)28(15)37)43-29(21-17(3)40(11-10-19(21)39-43)32(47)49-34(7,8)9)42-20(44)14-41(31(42)46)36-25-22-26(36)24-27(36)23(25)35(22,24)38-30(45)48-33(4,5)6/h12-13,17,20,22-27,44H,10-11,14H2,1-9H3,(H,38,45)/t17-,20?,22?,23?,24?,25?,26?,27?,35?,36?/m0/s1. The van der Waals surface area contributed by atoms with E-state index in [1.807, 2.05) is 53.4 Å². The summed E-state index contributed by atoms with van der Waals surface area (Å²) in [5, 5.41) is 20.0. The summed E-state index contributed by atoms with van der Waals surface area (Å²) in [6.45, 7) is 16.8. The number of nitrogens with zero attached hydrogens (tertiary/aromatic N) is 5. The molecule has 2 N–H and O–H groups in total. The maximum absolute atomic E-state index is 14.8. The van der Waals surface area contributed by atoms with Crippen LogP contribution in [0.4, 0.5) is 24.6 Å². The Balaban J connectivity index is 1.05. The van der Waals surface area contributed by atoms with Crippen molar-refractivity contribution in [2.75, 3.05) is 18.0 Å². The number of amides is 4. The average Bonchev–Trinajstić information content (AvgIpc) is 3.50. The molecule has 0 spiro atoms. The summed E-state index contributed by atoms with van der Waals surface area (Å²) < 4.78 is 27.8. The Morgan fingerprint density at radius 2 is 1.55 bits per heavy atom. The van der Waals surface area contributed by atoms with Crippen LogP contribution in [-0.4, -0.2) is 84.5 Å². The van der Waals surface area contributed by atoms with Crippen LogP contribution >= 0.6 is 0 Å².